The second kappa shape index (κ2) is 6.61. The van der Waals surface area contributed by atoms with Crippen LogP contribution in [0.15, 0.2) is 18.2 Å². The third-order valence-electron chi connectivity index (χ3n) is 2.37. The molecule has 0 unspecified atom stereocenters. The molecular weight excluding hydrogens is 275 g/mol. The Bertz CT molecular complexity index is 439. The van der Waals surface area contributed by atoms with Gasteiger partial charge in [-0.05, 0) is 32.0 Å². The fraction of sp³-hybridized carbons (Fsp3) is 0.333. The zero-order valence-corrected chi connectivity index (χ0v) is 11.7. The van der Waals surface area contributed by atoms with Gasteiger partial charge in [-0.15, -0.1) is 0 Å². The first-order chi connectivity index (χ1) is 8.47. The molecule has 0 atom stereocenters. The SMILES string of the molecule is CCN(CC)C(=O)C(=O)Nc1cc(Cl)cc(Cl)c1. The van der Waals surface area contributed by atoms with Crippen molar-refractivity contribution in [2.24, 2.45) is 0 Å². The van der Waals surface area contributed by atoms with Crippen LogP contribution in [0, 0.1) is 0 Å². The van der Waals surface area contributed by atoms with Crippen molar-refractivity contribution in [1.29, 1.82) is 0 Å². The number of hydrogen-bond acceptors (Lipinski definition) is 2. The topological polar surface area (TPSA) is 49.4 Å². The van der Waals surface area contributed by atoms with E-state index in [1.807, 2.05) is 13.8 Å². The van der Waals surface area contributed by atoms with Crippen LogP contribution < -0.4 is 5.32 Å². The lowest BCUT2D eigenvalue weighted by Gasteiger charge is -2.17. The molecule has 6 heteroatoms. The highest BCUT2D eigenvalue weighted by molar-refractivity contribution is 6.40. The van der Waals surface area contributed by atoms with Gasteiger partial charge in [-0.3, -0.25) is 9.59 Å². The van der Waals surface area contributed by atoms with Gasteiger partial charge in [-0.2, -0.15) is 0 Å². The Kier molecular flexibility index (Phi) is 5.44. The van der Waals surface area contributed by atoms with Crippen LogP contribution in [-0.2, 0) is 9.59 Å². The number of carbonyl (C=O) groups is 2. The van der Waals surface area contributed by atoms with E-state index in [0.29, 0.717) is 28.8 Å². The molecule has 0 fully saturated rings. The van der Waals surface area contributed by atoms with Gasteiger partial charge in [-0.1, -0.05) is 23.2 Å². The third kappa shape index (κ3) is 3.89. The number of benzene rings is 1. The summed E-state index contributed by atoms with van der Waals surface area (Å²) in [5, 5.41) is 3.27. The minimum atomic E-state index is -0.697. The summed E-state index contributed by atoms with van der Waals surface area (Å²) in [7, 11) is 0. The molecule has 18 heavy (non-hydrogen) atoms. The molecule has 98 valence electrons. The molecule has 0 heterocycles. The first-order valence-corrected chi connectivity index (χ1v) is 6.29. The number of halogens is 2. The van der Waals surface area contributed by atoms with Crippen molar-refractivity contribution >= 4 is 40.7 Å². The maximum Gasteiger partial charge on any atom is 0.313 e. The number of amides is 2. The number of likely N-dealkylation sites (N-methyl/N-ethyl adjacent to an activating group) is 1. The van der Waals surface area contributed by atoms with Crippen molar-refractivity contribution in [3.63, 3.8) is 0 Å². The van der Waals surface area contributed by atoms with Crippen LogP contribution in [0.1, 0.15) is 13.8 Å². The van der Waals surface area contributed by atoms with E-state index in [1.54, 1.807) is 6.07 Å². The molecule has 1 aromatic rings. The summed E-state index contributed by atoms with van der Waals surface area (Å²) in [5.41, 5.74) is 0.401. The van der Waals surface area contributed by atoms with Crippen LogP contribution in [0.3, 0.4) is 0 Å². The standard InChI is InChI=1S/C12H14Cl2N2O2/c1-3-16(4-2)12(18)11(17)15-10-6-8(13)5-9(14)7-10/h5-7H,3-4H2,1-2H3,(H,15,17). The second-order valence-corrected chi connectivity index (χ2v) is 4.46. The first-order valence-electron chi connectivity index (χ1n) is 5.54. The van der Waals surface area contributed by atoms with Crippen molar-refractivity contribution in [2.75, 3.05) is 18.4 Å². The van der Waals surface area contributed by atoms with Crippen molar-refractivity contribution < 1.29 is 9.59 Å². The summed E-state index contributed by atoms with van der Waals surface area (Å²) >= 11 is 11.6. The summed E-state index contributed by atoms with van der Waals surface area (Å²) in [4.78, 5) is 24.9. The van der Waals surface area contributed by atoms with Crippen LogP contribution in [0.25, 0.3) is 0 Å². The number of hydrogen-bond donors (Lipinski definition) is 1. The smallest absolute Gasteiger partial charge is 0.313 e. The van der Waals surface area contributed by atoms with E-state index in [2.05, 4.69) is 5.32 Å². The molecule has 0 bridgehead atoms. The minimum Gasteiger partial charge on any atom is -0.335 e. The molecule has 0 saturated carbocycles. The van der Waals surface area contributed by atoms with Gasteiger partial charge >= 0.3 is 11.8 Å². The van der Waals surface area contributed by atoms with Crippen molar-refractivity contribution in [3.8, 4) is 0 Å². The van der Waals surface area contributed by atoms with E-state index in [-0.39, 0.29) is 0 Å². The van der Waals surface area contributed by atoms with Crippen LogP contribution in [0.4, 0.5) is 5.69 Å². The van der Waals surface area contributed by atoms with Crippen molar-refractivity contribution in [1.82, 2.24) is 4.90 Å². The van der Waals surface area contributed by atoms with Crippen molar-refractivity contribution in [2.45, 2.75) is 13.8 Å². The number of nitrogens with zero attached hydrogens (tertiary/aromatic N) is 1. The molecule has 1 aromatic carbocycles. The molecule has 0 aromatic heterocycles. The summed E-state index contributed by atoms with van der Waals surface area (Å²) < 4.78 is 0. The van der Waals surface area contributed by atoms with Gasteiger partial charge in [0.2, 0.25) is 0 Å². The monoisotopic (exact) mass is 288 g/mol. The Morgan fingerprint density at radius 2 is 1.61 bits per heavy atom. The zero-order chi connectivity index (χ0) is 13.7. The summed E-state index contributed by atoms with van der Waals surface area (Å²) in [6.07, 6.45) is 0. The van der Waals surface area contributed by atoms with E-state index in [0.717, 1.165) is 0 Å². The lowest BCUT2D eigenvalue weighted by Crippen LogP contribution is -2.39. The fourth-order valence-electron chi connectivity index (χ4n) is 1.46. The summed E-state index contributed by atoms with van der Waals surface area (Å²) in [5.74, 6) is -1.27. The van der Waals surface area contributed by atoms with Crippen LogP contribution >= 0.6 is 23.2 Å². The van der Waals surface area contributed by atoms with E-state index in [4.69, 9.17) is 23.2 Å². The maximum absolute atomic E-state index is 11.7. The van der Waals surface area contributed by atoms with E-state index in [1.165, 1.54) is 17.0 Å². The van der Waals surface area contributed by atoms with Gasteiger partial charge in [0.15, 0.2) is 0 Å². The molecule has 0 aliphatic carbocycles. The molecule has 0 radical (unpaired) electrons. The molecule has 0 spiro atoms. The summed E-state index contributed by atoms with van der Waals surface area (Å²) in [6.45, 7) is 4.59. The van der Waals surface area contributed by atoms with Gasteiger partial charge in [0.1, 0.15) is 0 Å². The highest BCUT2D eigenvalue weighted by Crippen LogP contribution is 2.22. The van der Waals surface area contributed by atoms with Gasteiger partial charge in [-0.25, -0.2) is 0 Å². The lowest BCUT2D eigenvalue weighted by molar-refractivity contribution is -0.142. The molecule has 0 aliphatic heterocycles. The number of rotatable bonds is 3. The second-order valence-electron chi connectivity index (χ2n) is 3.59. The largest absolute Gasteiger partial charge is 0.335 e. The Balaban J connectivity index is 2.78. The molecule has 0 saturated heterocycles. The predicted octanol–water partition coefficient (Wildman–Crippen LogP) is 2.80. The fourth-order valence-corrected chi connectivity index (χ4v) is 1.99. The molecule has 1 rings (SSSR count). The van der Waals surface area contributed by atoms with Gasteiger partial charge in [0.05, 0.1) is 0 Å². The Hall–Kier alpha value is -1.26. The number of carbonyl (C=O) groups excluding carboxylic acids is 2. The average Bonchev–Trinajstić information content (AvgIpc) is 2.28. The van der Waals surface area contributed by atoms with E-state index < -0.39 is 11.8 Å². The number of anilines is 1. The maximum atomic E-state index is 11.7. The third-order valence-corrected chi connectivity index (χ3v) is 2.80. The van der Waals surface area contributed by atoms with Crippen LogP contribution in [0.5, 0.6) is 0 Å². The van der Waals surface area contributed by atoms with E-state index >= 15 is 0 Å². The molecule has 4 nitrogen and oxygen atoms in total. The average molecular weight is 289 g/mol. The quantitative estimate of drug-likeness (QED) is 0.870. The Labute approximate surface area is 116 Å². The Morgan fingerprint density at radius 1 is 1.11 bits per heavy atom. The van der Waals surface area contributed by atoms with Gasteiger partial charge < -0.3 is 10.2 Å². The highest BCUT2D eigenvalue weighted by Gasteiger charge is 2.19. The molecule has 2 amide bonds. The van der Waals surface area contributed by atoms with Crippen LogP contribution in [0.2, 0.25) is 10.0 Å². The number of nitrogens with one attached hydrogen (secondary N) is 1. The van der Waals surface area contributed by atoms with Crippen LogP contribution in [-0.4, -0.2) is 29.8 Å². The molecular formula is C12H14Cl2N2O2. The minimum absolute atomic E-state index is 0.396. The zero-order valence-electron chi connectivity index (χ0n) is 10.2. The molecule has 1 N–H and O–H groups in total. The lowest BCUT2D eigenvalue weighted by atomic mass is 10.3. The predicted molar refractivity (Wildman–Crippen MR) is 73.0 cm³/mol. The summed E-state index contributed by atoms with van der Waals surface area (Å²) in [6, 6.07) is 4.60. The highest BCUT2D eigenvalue weighted by atomic mass is 35.5. The van der Waals surface area contributed by atoms with E-state index in [9.17, 15) is 9.59 Å². The molecule has 0 aliphatic rings. The van der Waals surface area contributed by atoms with Crippen molar-refractivity contribution in [3.05, 3.63) is 28.2 Å². The van der Waals surface area contributed by atoms with Gasteiger partial charge in [0, 0.05) is 28.8 Å². The Morgan fingerprint density at radius 3 is 2.06 bits per heavy atom. The normalized spacial score (nSPS) is 10.0. The van der Waals surface area contributed by atoms with Gasteiger partial charge in [0.25, 0.3) is 0 Å². The first kappa shape index (κ1) is 14.8.